The Bertz CT molecular complexity index is 1220. The molecule has 0 bridgehead atoms. The molecule has 168 valence electrons. The number of nitrogens with one attached hydrogen (secondary N) is 1. The Morgan fingerprint density at radius 1 is 0.906 bits per heavy atom. The predicted octanol–water partition coefficient (Wildman–Crippen LogP) is 4.31. The maximum atomic E-state index is 13.0. The van der Waals surface area contributed by atoms with E-state index in [4.69, 9.17) is 11.6 Å². The first-order valence-corrected chi connectivity index (χ1v) is 12.2. The van der Waals surface area contributed by atoms with Crippen LogP contribution in [0.5, 0.6) is 0 Å². The maximum absolute atomic E-state index is 13.0. The molecule has 0 amide bonds. The third kappa shape index (κ3) is 4.87. The van der Waals surface area contributed by atoms with Crippen LogP contribution >= 0.6 is 11.6 Å². The van der Waals surface area contributed by atoms with E-state index >= 15 is 0 Å². The van der Waals surface area contributed by atoms with Crippen molar-refractivity contribution < 1.29 is 8.42 Å². The number of halogens is 1. The molecule has 0 saturated carbocycles. The van der Waals surface area contributed by atoms with Gasteiger partial charge < -0.3 is 10.2 Å². The summed E-state index contributed by atoms with van der Waals surface area (Å²) < 4.78 is 27.6. The maximum Gasteiger partial charge on any atom is 0.243 e. The van der Waals surface area contributed by atoms with E-state index < -0.39 is 10.0 Å². The second kappa shape index (κ2) is 9.05. The first-order valence-electron chi connectivity index (χ1n) is 10.4. The molecule has 0 radical (unpaired) electrons. The molecule has 4 rings (SSSR count). The van der Waals surface area contributed by atoms with Crippen LogP contribution in [0.2, 0.25) is 5.02 Å². The lowest BCUT2D eigenvalue weighted by Gasteiger charge is -2.34. The average molecular weight is 472 g/mol. The molecule has 1 saturated heterocycles. The molecule has 0 spiro atoms. The highest BCUT2D eigenvalue weighted by Gasteiger charge is 2.29. The minimum atomic E-state index is -3.59. The molecule has 7 nitrogen and oxygen atoms in total. The van der Waals surface area contributed by atoms with Gasteiger partial charge in [-0.3, -0.25) is 0 Å². The van der Waals surface area contributed by atoms with E-state index in [0.717, 1.165) is 22.8 Å². The Labute approximate surface area is 194 Å². The van der Waals surface area contributed by atoms with Crippen LogP contribution in [0.15, 0.2) is 53.4 Å². The number of aryl methyl sites for hydroxylation is 3. The number of benzene rings is 2. The van der Waals surface area contributed by atoms with Crippen molar-refractivity contribution in [3.05, 3.63) is 70.4 Å². The molecule has 0 atom stereocenters. The first-order chi connectivity index (χ1) is 15.2. The fourth-order valence-corrected chi connectivity index (χ4v) is 5.27. The lowest BCUT2D eigenvalue weighted by molar-refractivity contribution is 0.384. The van der Waals surface area contributed by atoms with Crippen LogP contribution in [0.4, 0.5) is 17.5 Å². The lowest BCUT2D eigenvalue weighted by Crippen LogP contribution is -2.49. The van der Waals surface area contributed by atoms with E-state index in [1.165, 1.54) is 15.9 Å². The van der Waals surface area contributed by atoms with Gasteiger partial charge in [-0.2, -0.15) is 9.29 Å². The van der Waals surface area contributed by atoms with Gasteiger partial charge >= 0.3 is 0 Å². The minimum absolute atomic E-state index is 0.226. The summed E-state index contributed by atoms with van der Waals surface area (Å²) in [5, 5.41) is 3.70. The molecule has 1 N–H and O–H groups in total. The molecular formula is C23H26ClN5O2S. The smallest absolute Gasteiger partial charge is 0.243 e. The summed E-state index contributed by atoms with van der Waals surface area (Å²) in [7, 11) is -3.59. The van der Waals surface area contributed by atoms with Gasteiger partial charge in [0.2, 0.25) is 16.0 Å². The zero-order chi connectivity index (χ0) is 22.9. The minimum Gasteiger partial charge on any atom is -0.354 e. The average Bonchev–Trinajstić information content (AvgIpc) is 2.77. The molecule has 0 unspecified atom stereocenters. The fraction of sp³-hybridized carbons (Fsp3) is 0.304. The summed E-state index contributed by atoms with van der Waals surface area (Å²) in [5.74, 6) is 1.30. The highest BCUT2D eigenvalue weighted by Crippen LogP contribution is 2.25. The molecule has 1 aromatic heterocycles. The molecule has 0 aliphatic carbocycles. The van der Waals surface area contributed by atoms with Crippen molar-refractivity contribution in [1.82, 2.24) is 14.3 Å². The van der Waals surface area contributed by atoms with E-state index in [1.807, 2.05) is 51.1 Å². The Morgan fingerprint density at radius 3 is 2.25 bits per heavy atom. The summed E-state index contributed by atoms with van der Waals surface area (Å²) in [4.78, 5) is 11.5. The Kier molecular flexibility index (Phi) is 6.37. The summed E-state index contributed by atoms with van der Waals surface area (Å²) >= 11 is 6.15. The van der Waals surface area contributed by atoms with Gasteiger partial charge in [-0.25, -0.2) is 13.4 Å². The Morgan fingerprint density at radius 2 is 1.59 bits per heavy atom. The van der Waals surface area contributed by atoms with Crippen LogP contribution in [0.3, 0.4) is 0 Å². The summed E-state index contributed by atoms with van der Waals surface area (Å²) in [6.07, 6.45) is 0. The Hall–Kier alpha value is -2.68. The van der Waals surface area contributed by atoms with Gasteiger partial charge in [0.25, 0.3) is 0 Å². The quantitative estimate of drug-likeness (QED) is 0.597. The predicted molar refractivity (Wildman–Crippen MR) is 128 cm³/mol. The number of anilines is 3. The van der Waals surface area contributed by atoms with Gasteiger partial charge in [0.1, 0.15) is 5.82 Å². The van der Waals surface area contributed by atoms with Crippen molar-refractivity contribution in [2.45, 2.75) is 25.7 Å². The highest BCUT2D eigenvalue weighted by atomic mass is 35.5. The standard InChI is InChI=1S/C23H26ClN5O2S/c1-16-4-7-19(8-5-16)26-23-25-18(3)14-22(27-23)28-10-12-29(13-11-28)32(30,31)20-9-6-17(2)21(24)15-20/h4-9,14-15H,10-13H2,1-3H3,(H,25,26,27). The van der Waals surface area contributed by atoms with Crippen molar-refractivity contribution in [3.8, 4) is 0 Å². The van der Waals surface area contributed by atoms with Crippen LogP contribution in [0, 0.1) is 20.8 Å². The SMILES string of the molecule is Cc1ccc(Nc2nc(C)cc(N3CCN(S(=O)(=O)c4ccc(C)c(Cl)c4)CC3)n2)cc1. The van der Waals surface area contributed by atoms with Crippen LogP contribution < -0.4 is 10.2 Å². The van der Waals surface area contributed by atoms with Crippen molar-refractivity contribution in [2.24, 2.45) is 0 Å². The number of rotatable bonds is 5. The first kappa shape index (κ1) is 22.5. The number of sulfonamides is 1. The van der Waals surface area contributed by atoms with E-state index in [-0.39, 0.29) is 4.90 Å². The molecule has 3 aromatic rings. The second-order valence-electron chi connectivity index (χ2n) is 7.98. The van der Waals surface area contributed by atoms with Gasteiger partial charge in [0, 0.05) is 48.6 Å². The van der Waals surface area contributed by atoms with Gasteiger partial charge in [-0.1, -0.05) is 35.4 Å². The summed E-state index contributed by atoms with van der Waals surface area (Å²) in [6.45, 7) is 7.64. The number of piperazine rings is 1. The van der Waals surface area contributed by atoms with Crippen molar-refractivity contribution in [1.29, 1.82) is 0 Å². The molecule has 1 aliphatic rings. The van der Waals surface area contributed by atoms with Crippen LogP contribution in [-0.2, 0) is 10.0 Å². The number of aromatic nitrogens is 2. The van der Waals surface area contributed by atoms with E-state index in [1.54, 1.807) is 12.1 Å². The van der Waals surface area contributed by atoms with Crippen molar-refractivity contribution in [2.75, 3.05) is 36.4 Å². The fourth-order valence-electron chi connectivity index (χ4n) is 3.58. The van der Waals surface area contributed by atoms with Gasteiger partial charge in [-0.15, -0.1) is 0 Å². The van der Waals surface area contributed by atoms with E-state index in [2.05, 4.69) is 20.2 Å². The van der Waals surface area contributed by atoms with E-state index in [9.17, 15) is 8.42 Å². The zero-order valence-corrected chi connectivity index (χ0v) is 19.9. The van der Waals surface area contributed by atoms with Crippen molar-refractivity contribution in [3.63, 3.8) is 0 Å². The van der Waals surface area contributed by atoms with Crippen LogP contribution in [0.1, 0.15) is 16.8 Å². The highest BCUT2D eigenvalue weighted by molar-refractivity contribution is 7.89. The monoisotopic (exact) mass is 471 g/mol. The number of nitrogens with zero attached hydrogens (tertiary/aromatic N) is 4. The third-order valence-corrected chi connectivity index (χ3v) is 7.79. The normalized spacial score (nSPS) is 15.1. The summed E-state index contributed by atoms with van der Waals surface area (Å²) in [5.41, 5.74) is 3.79. The topological polar surface area (TPSA) is 78.4 Å². The summed E-state index contributed by atoms with van der Waals surface area (Å²) in [6, 6.07) is 14.8. The molecule has 32 heavy (non-hydrogen) atoms. The van der Waals surface area contributed by atoms with Crippen LogP contribution in [-0.4, -0.2) is 48.9 Å². The van der Waals surface area contributed by atoms with Crippen LogP contribution in [0.25, 0.3) is 0 Å². The van der Waals surface area contributed by atoms with E-state index in [0.29, 0.717) is 37.1 Å². The van der Waals surface area contributed by atoms with Crippen molar-refractivity contribution >= 4 is 39.1 Å². The number of hydrogen-bond acceptors (Lipinski definition) is 6. The largest absolute Gasteiger partial charge is 0.354 e. The zero-order valence-electron chi connectivity index (χ0n) is 18.3. The molecule has 2 heterocycles. The molecular weight excluding hydrogens is 446 g/mol. The molecule has 2 aromatic carbocycles. The third-order valence-electron chi connectivity index (χ3n) is 5.49. The lowest BCUT2D eigenvalue weighted by atomic mass is 10.2. The molecule has 9 heteroatoms. The second-order valence-corrected chi connectivity index (χ2v) is 10.3. The van der Waals surface area contributed by atoms with Gasteiger partial charge in [-0.05, 0) is 50.6 Å². The number of hydrogen-bond donors (Lipinski definition) is 1. The van der Waals surface area contributed by atoms with Gasteiger partial charge in [0.15, 0.2) is 0 Å². The Balaban J connectivity index is 1.47. The van der Waals surface area contributed by atoms with Gasteiger partial charge in [0.05, 0.1) is 4.90 Å². The molecule has 1 aliphatic heterocycles. The molecule has 1 fully saturated rings.